The van der Waals surface area contributed by atoms with Crippen LogP contribution in [0.4, 0.5) is 14.7 Å². The minimum absolute atomic E-state index is 0.112. The van der Waals surface area contributed by atoms with Crippen molar-refractivity contribution in [2.24, 2.45) is 0 Å². The van der Waals surface area contributed by atoms with Crippen LogP contribution in [-0.2, 0) is 0 Å². The normalized spacial score (nSPS) is 14.3. The number of thiazole rings is 1. The SMILES string of the molecule is O=C(Nc1nc2cc3c(cc2[nH]1)OC(F)(F)O3)c1csc(-c2cccc(Cl)c2Cl)n1. The van der Waals surface area contributed by atoms with Crippen LogP contribution < -0.4 is 14.8 Å². The highest BCUT2D eigenvalue weighted by atomic mass is 35.5. The van der Waals surface area contributed by atoms with E-state index in [2.05, 4.69) is 29.7 Å². The van der Waals surface area contributed by atoms with Gasteiger partial charge in [-0.1, -0.05) is 35.3 Å². The summed E-state index contributed by atoms with van der Waals surface area (Å²) in [4.78, 5) is 23.8. The number of ether oxygens (including phenoxy) is 2. The number of rotatable bonds is 3. The molecule has 7 nitrogen and oxygen atoms in total. The van der Waals surface area contributed by atoms with Crippen LogP contribution in [0.1, 0.15) is 10.5 Å². The second-order valence-electron chi connectivity index (χ2n) is 6.16. The lowest BCUT2D eigenvalue weighted by Gasteiger charge is -2.04. The third-order valence-corrected chi connectivity index (χ3v) is 5.85. The lowest BCUT2D eigenvalue weighted by atomic mass is 10.2. The minimum atomic E-state index is -3.72. The highest BCUT2D eigenvalue weighted by Crippen LogP contribution is 2.43. The zero-order valence-corrected chi connectivity index (χ0v) is 16.8. The number of anilines is 1. The number of aromatic nitrogens is 3. The van der Waals surface area contributed by atoms with Gasteiger partial charge in [-0.3, -0.25) is 10.1 Å². The lowest BCUT2D eigenvalue weighted by Crippen LogP contribution is -2.25. The Labute approximate surface area is 180 Å². The van der Waals surface area contributed by atoms with Crippen molar-refractivity contribution < 1.29 is 23.0 Å². The number of hydrogen-bond acceptors (Lipinski definition) is 6. The lowest BCUT2D eigenvalue weighted by molar-refractivity contribution is -0.286. The molecular weight excluding hydrogens is 461 g/mol. The molecule has 1 aliphatic rings. The molecule has 3 heterocycles. The minimum Gasteiger partial charge on any atom is -0.395 e. The molecule has 12 heteroatoms. The smallest absolute Gasteiger partial charge is 0.395 e. The highest BCUT2D eigenvalue weighted by molar-refractivity contribution is 7.13. The second kappa shape index (κ2) is 6.79. The van der Waals surface area contributed by atoms with E-state index in [4.69, 9.17) is 23.2 Å². The molecule has 1 amide bonds. The van der Waals surface area contributed by atoms with Crippen LogP contribution in [0.25, 0.3) is 21.6 Å². The Balaban J connectivity index is 1.38. The Morgan fingerprint density at radius 2 is 1.93 bits per heavy atom. The summed E-state index contributed by atoms with van der Waals surface area (Å²) in [6.45, 7) is 0. The van der Waals surface area contributed by atoms with Gasteiger partial charge in [0.15, 0.2) is 11.5 Å². The number of H-pyrrole nitrogens is 1. The van der Waals surface area contributed by atoms with E-state index >= 15 is 0 Å². The Morgan fingerprint density at radius 3 is 2.73 bits per heavy atom. The monoisotopic (exact) mass is 468 g/mol. The van der Waals surface area contributed by atoms with Crippen molar-refractivity contribution in [2.45, 2.75) is 6.29 Å². The summed E-state index contributed by atoms with van der Waals surface area (Å²) in [5.74, 6) is -0.668. The largest absolute Gasteiger partial charge is 0.586 e. The van der Waals surface area contributed by atoms with Crippen LogP contribution in [0.5, 0.6) is 11.5 Å². The molecule has 152 valence electrons. The van der Waals surface area contributed by atoms with Gasteiger partial charge in [0.2, 0.25) is 5.95 Å². The van der Waals surface area contributed by atoms with Crippen LogP contribution in [0.15, 0.2) is 35.7 Å². The van der Waals surface area contributed by atoms with Crippen molar-refractivity contribution in [1.29, 1.82) is 0 Å². The summed E-state index contributed by atoms with van der Waals surface area (Å²) in [7, 11) is 0. The first-order chi connectivity index (χ1) is 14.3. The summed E-state index contributed by atoms with van der Waals surface area (Å²) < 4.78 is 35.1. The summed E-state index contributed by atoms with van der Waals surface area (Å²) in [5.41, 5.74) is 1.47. The quantitative estimate of drug-likeness (QED) is 0.410. The van der Waals surface area contributed by atoms with E-state index in [0.29, 0.717) is 31.6 Å². The Morgan fingerprint density at radius 1 is 1.17 bits per heavy atom. The van der Waals surface area contributed by atoms with E-state index in [1.165, 1.54) is 23.5 Å². The predicted octanol–water partition coefficient (Wildman–Crippen LogP) is 5.57. The fourth-order valence-electron chi connectivity index (χ4n) is 2.86. The van der Waals surface area contributed by atoms with Crippen molar-refractivity contribution in [3.8, 4) is 22.1 Å². The molecular formula is C18H8Cl2F2N4O3S. The van der Waals surface area contributed by atoms with E-state index in [1.54, 1.807) is 23.6 Å². The van der Waals surface area contributed by atoms with E-state index < -0.39 is 12.2 Å². The molecule has 2 N–H and O–H groups in total. The Hall–Kier alpha value is -2.95. The van der Waals surface area contributed by atoms with E-state index in [-0.39, 0.29) is 23.1 Å². The molecule has 30 heavy (non-hydrogen) atoms. The first-order valence-corrected chi connectivity index (χ1v) is 9.93. The zero-order valence-electron chi connectivity index (χ0n) is 14.5. The number of fused-ring (bicyclic) bond motifs is 2. The van der Waals surface area contributed by atoms with Gasteiger partial charge in [-0.25, -0.2) is 9.97 Å². The zero-order chi connectivity index (χ0) is 21.0. The topological polar surface area (TPSA) is 89.1 Å². The van der Waals surface area contributed by atoms with Gasteiger partial charge in [-0.15, -0.1) is 20.1 Å². The molecule has 4 aromatic rings. The maximum Gasteiger partial charge on any atom is 0.586 e. The standard InChI is InChI=1S/C18H8Cl2F2N4O3S/c19-8-3-1-2-7(14(8)20)16-23-11(6-30-16)15(27)26-17-24-9-4-12-13(5-10(9)25-17)29-18(21,22)28-12/h1-6H,(H2,24,25,26,27). The molecule has 0 atom stereocenters. The van der Waals surface area contributed by atoms with Crippen molar-refractivity contribution in [1.82, 2.24) is 15.0 Å². The molecule has 0 aliphatic carbocycles. The molecule has 0 radical (unpaired) electrons. The molecule has 0 unspecified atom stereocenters. The number of nitrogens with one attached hydrogen (secondary N) is 2. The van der Waals surface area contributed by atoms with Crippen molar-refractivity contribution in [3.63, 3.8) is 0 Å². The van der Waals surface area contributed by atoms with Crippen LogP contribution >= 0.6 is 34.5 Å². The van der Waals surface area contributed by atoms with E-state index in [1.807, 2.05) is 0 Å². The summed E-state index contributed by atoms with van der Waals surface area (Å²) in [6, 6.07) is 7.75. The number of benzene rings is 2. The molecule has 0 saturated heterocycles. The predicted molar refractivity (Wildman–Crippen MR) is 108 cm³/mol. The molecule has 0 spiro atoms. The number of nitrogens with zero attached hydrogens (tertiary/aromatic N) is 2. The molecule has 5 rings (SSSR count). The number of amides is 1. The average molecular weight is 469 g/mol. The van der Waals surface area contributed by atoms with E-state index in [9.17, 15) is 13.6 Å². The van der Waals surface area contributed by atoms with Gasteiger partial charge < -0.3 is 14.5 Å². The van der Waals surface area contributed by atoms with Gasteiger partial charge in [0.1, 0.15) is 10.7 Å². The van der Waals surface area contributed by atoms with Crippen LogP contribution in [0.3, 0.4) is 0 Å². The second-order valence-corrected chi connectivity index (χ2v) is 7.81. The summed E-state index contributed by atoms with van der Waals surface area (Å²) in [5, 5.41) is 5.42. The molecule has 0 bridgehead atoms. The maximum absolute atomic E-state index is 13.2. The molecule has 1 aliphatic heterocycles. The van der Waals surface area contributed by atoms with Crippen LogP contribution in [-0.4, -0.2) is 27.2 Å². The molecule has 2 aromatic heterocycles. The number of imidazole rings is 1. The highest BCUT2D eigenvalue weighted by Gasteiger charge is 2.43. The summed E-state index contributed by atoms with van der Waals surface area (Å²) >= 11 is 13.5. The third kappa shape index (κ3) is 3.32. The first kappa shape index (κ1) is 19.0. The number of hydrogen-bond donors (Lipinski definition) is 2. The maximum atomic E-state index is 13.2. The molecule has 0 fully saturated rings. The number of aromatic amines is 1. The van der Waals surface area contributed by atoms with Crippen molar-refractivity contribution >= 4 is 57.4 Å². The number of alkyl halides is 2. The van der Waals surface area contributed by atoms with Gasteiger partial charge in [-0.2, -0.15) is 0 Å². The van der Waals surface area contributed by atoms with Gasteiger partial charge in [-0.05, 0) is 6.07 Å². The molecule has 2 aromatic carbocycles. The molecule has 0 saturated carbocycles. The number of carbonyl (C=O) groups is 1. The van der Waals surface area contributed by atoms with Crippen molar-refractivity contribution in [2.75, 3.05) is 5.32 Å². The fraction of sp³-hybridized carbons (Fsp3) is 0.0556. The third-order valence-electron chi connectivity index (χ3n) is 4.16. The van der Waals surface area contributed by atoms with Gasteiger partial charge in [0.25, 0.3) is 5.91 Å². The van der Waals surface area contributed by atoms with Gasteiger partial charge in [0.05, 0.1) is 21.1 Å². The van der Waals surface area contributed by atoms with Crippen molar-refractivity contribution in [3.05, 3.63) is 51.5 Å². The Kier molecular flexibility index (Phi) is 4.31. The number of carbonyl (C=O) groups excluding carboxylic acids is 1. The van der Waals surface area contributed by atoms with E-state index in [0.717, 1.165) is 0 Å². The average Bonchev–Trinajstić information content (AvgIpc) is 3.36. The Bertz CT molecular complexity index is 1280. The van der Waals surface area contributed by atoms with Crippen LogP contribution in [0, 0.1) is 0 Å². The summed E-state index contributed by atoms with van der Waals surface area (Å²) in [6.07, 6.45) is -3.72. The van der Waals surface area contributed by atoms with Crippen LogP contribution in [0.2, 0.25) is 10.0 Å². The first-order valence-electron chi connectivity index (χ1n) is 8.30. The van der Waals surface area contributed by atoms with Gasteiger partial charge in [0, 0.05) is 23.1 Å². The van der Waals surface area contributed by atoms with Gasteiger partial charge >= 0.3 is 6.29 Å². The fourth-order valence-corrected chi connectivity index (χ4v) is 4.13. The number of halogens is 4.